The van der Waals surface area contributed by atoms with E-state index in [1.165, 1.54) is 5.56 Å². The lowest BCUT2D eigenvalue weighted by Crippen LogP contribution is -2.11. The summed E-state index contributed by atoms with van der Waals surface area (Å²) < 4.78 is 2.01. The van der Waals surface area contributed by atoms with Crippen molar-refractivity contribution in [2.75, 3.05) is 0 Å². The third-order valence-electron chi connectivity index (χ3n) is 3.47. The summed E-state index contributed by atoms with van der Waals surface area (Å²) in [6, 6.07) is 7.93. The maximum atomic E-state index is 6.15. The highest BCUT2D eigenvalue weighted by molar-refractivity contribution is 6.30. The predicted molar refractivity (Wildman–Crippen MR) is 79.5 cm³/mol. The molecule has 1 aromatic carbocycles. The molecule has 0 radical (unpaired) electrons. The Labute approximate surface area is 119 Å². The molecule has 0 spiro atoms. The Bertz CT molecular complexity index is 575. The van der Waals surface area contributed by atoms with E-state index in [2.05, 4.69) is 25.0 Å². The van der Waals surface area contributed by atoms with Gasteiger partial charge in [0.25, 0.3) is 0 Å². The molecule has 19 heavy (non-hydrogen) atoms. The summed E-state index contributed by atoms with van der Waals surface area (Å²) in [7, 11) is 0. The van der Waals surface area contributed by atoms with Crippen molar-refractivity contribution in [2.45, 2.75) is 39.8 Å². The summed E-state index contributed by atoms with van der Waals surface area (Å²) in [5.74, 6) is 0. The van der Waals surface area contributed by atoms with Crippen molar-refractivity contribution in [3.8, 4) is 0 Å². The van der Waals surface area contributed by atoms with Gasteiger partial charge in [0.05, 0.1) is 12.2 Å². The van der Waals surface area contributed by atoms with Crippen LogP contribution in [0.15, 0.2) is 24.3 Å². The van der Waals surface area contributed by atoms with Crippen LogP contribution in [0.5, 0.6) is 0 Å². The molecule has 1 unspecified atom stereocenters. The molecule has 1 aromatic heterocycles. The molecule has 0 aliphatic heterocycles. The molecule has 2 N–H and O–H groups in total. The average molecular weight is 278 g/mol. The van der Waals surface area contributed by atoms with Crippen LogP contribution in [0.3, 0.4) is 0 Å². The second kappa shape index (κ2) is 5.76. The number of nitrogens with two attached hydrogens (primary N) is 1. The Kier molecular flexibility index (Phi) is 4.27. The Morgan fingerprint density at radius 2 is 2.11 bits per heavy atom. The quantitative estimate of drug-likeness (QED) is 0.928. The molecule has 2 rings (SSSR count). The molecule has 4 heteroatoms. The first-order valence-corrected chi connectivity index (χ1v) is 6.94. The van der Waals surface area contributed by atoms with E-state index in [1.807, 2.05) is 29.8 Å². The van der Waals surface area contributed by atoms with Gasteiger partial charge in [-0.3, -0.25) is 4.68 Å². The molecule has 102 valence electrons. The molecule has 1 heterocycles. The number of hydrogen-bond acceptors (Lipinski definition) is 2. The standard InChI is InChI=1S/C15H20ClN3/c1-4-14(17)15-10(2)18-19(11(15)3)9-12-6-5-7-13(16)8-12/h5-8,14H,4,9,17H2,1-3H3. The van der Waals surface area contributed by atoms with Crippen molar-refractivity contribution in [2.24, 2.45) is 5.73 Å². The lowest BCUT2D eigenvalue weighted by atomic mass is 10.0. The molecule has 3 nitrogen and oxygen atoms in total. The van der Waals surface area contributed by atoms with E-state index in [0.717, 1.165) is 34.9 Å². The van der Waals surface area contributed by atoms with Crippen LogP contribution in [0.1, 0.15) is 41.9 Å². The highest BCUT2D eigenvalue weighted by Gasteiger charge is 2.16. The predicted octanol–water partition coefficient (Wildman–Crippen LogP) is 3.61. The molecular formula is C15H20ClN3. The minimum Gasteiger partial charge on any atom is -0.324 e. The fourth-order valence-corrected chi connectivity index (χ4v) is 2.63. The SMILES string of the molecule is CCC(N)c1c(C)nn(Cc2cccc(Cl)c2)c1C. The van der Waals surface area contributed by atoms with Crippen LogP contribution in [-0.4, -0.2) is 9.78 Å². The van der Waals surface area contributed by atoms with Crippen molar-refractivity contribution in [3.05, 3.63) is 51.8 Å². The lowest BCUT2D eigenvalue weighted by molar-refractivity contribution is 0.650. The average Bonchev–Trinajstić information content (AvgIpc) is 2.64. The fourth-order valence-electron chi connectivity index (χ4n) is 2.41. The van der Waals surface area contributed by atoms with Crippen molar-refractivity contribution >= 4 is 11.6 Å². The van der Waals surface area contributed by atoms with Gasteiger partial charge < -0.3 is 5.73 Å². The van der Waals surface area contributed by atoms with Crippen LogP contribution in [0, 0.1) is 13.8 Å². The molecule has 0 aliphatic rings. The molecule has 0 amide bonds. The first-order valence-electron chi connectivity index (χ1n) is 6.56. The van der Waals surface area contributed by atoms with Crippen molar-refractivity contribution in [1.82, 2.24) is 9.78 Å². The van der Waals surface area contributed by atoms with Gasteiger partial charge in [0.2, 0.25) is 0 Å². The van der Waals surface area contributed by atoms with Crippen molar-refractivity contribution < 1.29 is 0 Å². The Balaban J connectivity index is 2.32. The lowest BCUT2D eigenvalue weighted by Gasteiger charge is -2.10. The minimum atomic E-state index is 0.0631. The van der Waals surface area contributed by atoms with Gasteiger partial charge in [-0.05, 0) is 38.0 Å². The summed E-state index contributed by atoms with van der Waals surface area (Å²) in [5.41, 5.74) is 10.6. The van der Waals surface area contributed by atoms with E-state index in [-0.39, 0.29) is 6.04 Å². The number of rotatable bonds is 4. The van der Waals surface area contributed by atoms with E-state index in [9.17, 15) is 0 Å². The van der Waals surface area contributed by atoms with E-state index >= 15 is 0 Å². The van der Waals surface area contributed by atoms with Gasteiger partial charge in [-0.15, -0.1) is 0 Å². The summed E-state index contributed by atoms with van der Waals surface area (Å²) in [6.07, 6.45) is 0.921. The van der Waals surface area contributed by atoms with Gasteiger partial charge in [0.1, 0.15) is 0 Å². The monoisotopic (exact) mass is 277 g/mol. The minimum absolute atomic E-state index is 0.0631. The molecule has 0 bridgehead atoms. The molecule has 0 aliphatic carbocycles. The molecule has 0 saturated heterocycles. The third kappa shape index (κ3) is 2.99. The van der Waals surface area contributed by atoms with Gasteiger partial charge >= 0.3 is 0 Å². The molecule has 0 fully saturated rings. The Morgan fingerprint density at radius 3 is 2.74 bits per heavy atom. The van der Waals surface area contributed by atoms with Gasteiger partial charge in [-0.2, -0.15) is 5.10 Å². The number of hydrogen-bond donors (Lipinski definition) is 1. The largest absolute Gasteiger partial charge is 0.324 e. The molecule has 0 saturated carbocycles. The zero-order valence-corrected chi connectivity index (χ0v) is 12.4. The topological polar surface area (TPSA) is 43.8 Å². The van der Waals surface area contributed by atoms with E-state index in [4.69, 9.17) is 17.3 Å². The van der Waals surface area contributed by atoms with Gasteiger partial charge in [0.15, 0.2) is 0 Å². The number of aromatic nitrogens is 2. The van der Waals surface area contributed by atoms with E-state index in [1.54, 1.807) is 0 Å². The molecular weight excluding hydrogens is 258 g/mol. The summed E-state index contributed by atoms with van der Waals surface area (Å²) >= 11 is 6.01. The number of halogens is 1. The van der Waals surface area contributed by atoms with Crippen LogP contribution >= 0.6 is 11.6 Å². The molecule has 2 aromatic rings. The highest BCUT2D eigenvalue weighted by atomic mass is 35.5. The summed E-state index contributed by atoms with van der Waals surface area (Å²) in [5, 5.41) is 5.35. The Morgan fingerprint density at radius 1 is 1.37 bits per heavy atom. The first kappa shape index (κ1) is 14.1. The fraction of sp³-hybridized carbons (Fsp3) is 0.400. The summed E-state index contributed by atoms with van der Waals surface area (Å²) in [4.78, 5) is 0. The first-order chi connectivity index (χ1) is 9.02. The van der Waals surface area contributed by atoms with Gasteiger partial charge in [-0.25, -0.2) is 0 Å². The maximum absolute atomic E-state index is 6.15. The third-order valence-corrected chi connectivity index (χ3v) is 3.70. The van der Waals surface area contributed by atoms with Crippen LogP contribution in [0.4, 0.5) is 0 Å². The number of benzene rings is 1. The maximum Gasteiger partial charge on any atom is 0.0663 e. The normalized spacial score (nSPS) is 12.7. The highest BCUT2D eigenvalue weighted by Crippen LogP contribution is 2.23. The van der Waals surface area contributed by atoms with E-state index < -0.39 is 0 Å². The van der Waals surface area contributed by atoms with Gasteiger partial charge in [-0.1, -0.05) is 30.7 Å². The van der Waals surface area contributed by atoms with Gasteiger partial charge in [0, 0.05) is 22.3 Å². The summed E-state index contributed by atoms with van der Waals surface area (Å²) in [6.45, 7) is 6.92. The van der Waals surface area contributed by atoms with Crippen LogP contribution in [0.25, 0.3) is 0 Å². The zero-order chi connectivity index (χ0) is 14.0. The number of aryl methyl sites for hydroxylation is 1. The second-order valence-corrected chi connectivity index (χ2v) is 5.32. The molecule has 1 atom stereocenters. The van der Waals surface area contributed by atoms with E-state index in [0.29, 0.717) is 0 Å². The van der Waals surface area contributed by atoms with Crippen molar-refractivity contribution in [1.29, 1.82) is 0 Å². The second-order valence-electron chi connectivity index (χ2n) is 4.89. The van der Waals surface area contributed by atoms with Crippen LogP contribution in [-0.2, 0) is 6.54 Å². The zero-order valence-electron chi connectivity index (χ0n) is 11.7. The van der Waals surface area contributed by atoms with Crippen LogP contribution in [0.2, 0.25) is 5.02 Å². The Hall–Kier alpha value is -1.32. The van der Waals surface area contributed by atoms with Crippen molar-refractivity contribution in [3.63, 3.8) is 0 Å². The smallest absolute Gasteiger partial charge is 0.0663 e. The van der Waals surface area contributed by atoms with Crippen LogP contribution < -0.4 is 5.73 Å². The number of nitrogens with zero attached hydrogens (tertiary/aromatic N) is 2.